The number of ether oxygens (including phenoxy) is 2. The molecule has 1 N–H and O–H groups in total. The lowest BCUT2D eigenvalue weighted by Gasteiger charge is -2.18. The average Bonchev–Trinajstić information content (AvgIpc) is 3.04. The smallest absolute Gasteiger partial charge is 0.275 e. The number of rotatable bonds is 2. The van der Waals surface area contributed by atoms with E-state index in [1.807, 2.05) is 6.92 Å². The summed E-state index contributed by atoms with van der Waals surface area (Å²) in [6.07, 6.45) is 1.62. The van der Waals surface area contributed by atoms with Gasteiger partial charge >= 0.3 is 0 Å². The molecular formula is C14H12N4O3S. The van der Waals surface area contributed by atoms with Crippen LogP contribution < -0.4 is 14.8 Å². The van der Waals surface area contributed by atoms with Crippen molar-refractivity contribution in [2.24, 2.45) is 0 Å². The van der Waals surface area contributed by atoms with Crippen molar-refractivity contribution < 1.29 is 14.3 Å². The van der Waals surface area contributed by atoms with Crippen molar-refractivity contribution >= 4 is 27.9 Å². The molecule has 0 aliphatic carbocycles. The zero-order valence-corrected chi connectivity index (χ0v) is 12.5. The van der Waals surface area contributed by atoms with Gasteiger partial charge in [0.2, 0.25) is 4.96 Å². The van der Waals surface area contributed by atoms with Crippen molar-refractivity contribution in [2.45, 2.75) is 6.92 Å². The van der Waals surface area contributed by atoms with E-state index in [1.165, 1.54) is 11.3 Å². The van der Waals surface area contributed by atoms with Crippen LogP contribution >= 0.6 is 11.3 Å². The Hall–Kier alpha value is -2.61. The fraction of sp³-hybridized carbons (Fsp3) is 0.214. The Morgan fingerprint density at radius 2 is 2.14 bits per heavy atom. The van der Waals surface area contributed by atoms with Crippen LogP contribution in [0.2, 0.25) is 0 Å². The van der Waals surface area contributed by atoms with Gasteiger partial charge in [0.1, 0.15) is 23.9 Å². The lowest BCUT2D eigenvalue weighted by molar-refractivity contribution is 0.102. The second-order valence-corrected chi connectivity index (χ2v) is 5.95. The molecule has 1 aromatic carbocycles. The van der Waals surface area contributed by atoms with Gasteiger partial charge in [0.15, 0.2) is 11.5 Å². The number of imidazole rings is 1. The van der Waals surface area contributed by atoms with Gasteiger partial charge in [-0.2, -0.15) is 5.10 Å². The molecule has 0 spiro atoms. The third-order valence-electron chi connectivity index (χ3n) is 3.18. The highest BCUT2D eigenvalue weighted by Crippen LogP contribution is 2.32. The fourth-order valence-corrected chi connectivity index (χ4v) is 2.95. The molecule has 3 heterocycles. The fourth-order valence-electron chi connectivity index (χ4n) is 2.23. The zero-order valence-electron chi connectivity index (χ0n) is 11.7. The topological polar surface area (TPSA) is 77.8 Å². The Labute approximate surface area is 129 Å². The second-order valence-electron chi connectivity index (χ2n) is 4.79. The Kier molecular flexibility index (Phi) is 2.97. The van der Waals surface area contributed by atoms with E-state index in [-0.39, 0.29) is 5.91 Å². The van der Waals surface area contributed by atoms with Gasteiger partial charge in [-0.1, -0.05) is 11.3 Å². The van der Waals surface area contributed by atoms with Crippen LogP contribution in [-0.2, 0) is 0 Å². The summed E-state index contributed by atoms with van der Waals surface area (Å²) in [4.78, 5) is 17.2. The molecule has 0 saturated carbocycles. The minimum atomic E-state index is -0.285. The number of hydrogen-bond acceptors (Lipinski definition) is 6. The molecule has 1 amide bonds. The van der Waals surface area contributed by atoms with Gasteiger partial charge in [-0.25, -0.2) is 9.50 Å². The minimum absolute atomic E-state index is 0.285. The van der Waals surface area contributed by atoms with E-state index < -0.39 is 0 Å². The third-order valence-corrected chi connectivity index (χ3v) is 4.01. The van der Waals surface area contributed by atoms with Gasteiger partial charge < -0.3 is 14.8 Å². The Balaban J connectivity index is 1.57. The first-order chi connectivity index (χ1) is 10.7. The van der Waals surface area contributed by atoms with Crippen LogP contribution in [0.25, 0.3) is 4.96 Å². The van der Waals surface area contributed by atoms with Crippen LogP contribution in [0, 0.1) is 6.92 Å². The quantitative estimate of drug-likeness (QED) is 0.783. The highest BCUT2D eigenvalue weighted by atomic mass is 32.1. The lowest BCUT2D eigenvalue weighted by atomic mass is 10.2. The Bertz CT molecular complexity index is 839. The number of fused-ring (bicyclic) bond motifs is 2. The lowest BCUT2D eigenvalue weighted by Crippen LogP contribution is -2.16. The predicted octanol–water partition coefficient (Wildman–Crippen LogP) is 2.12. The number of carbonyl (C=O) groups is 1. The van der Waals surface area contributed by atoms with Crippen molar-refractivity contribution in [3.63, 3.8) is 0 Å². The molecule has 4 rings (SSSR count). The van der Waals surface area contributed by atoms with Gasteiger partial charge in [-0.3, -0.25) is 4.79 Å². The summed E-state index contributed by atoms with van der Waals surface area (Å²) in [6, 6.07) is 5.29. The SMILES string of the molecule is Cc1nn2cc(C(=O)Nc3ccc4c(c3)OCCO4)nc2s1. The number of anilines is 1. The van der Waals surface area contributed by atoms with Crippen LogP contribution in [0.4, 0.5) is 5.69 Å². The zero-order chi connectivity index (χ0) is 15.1. The maximum atomic E-state index is 12.3. The normalized spacial score (nSPS) is 13.3. The molecule has 7 nitrogen and oxygen atoms in total. The van der Waals surface area contributed by atoms with E-state index in [4.69, 9.17) is 9.47 Å². The monoisotopic (exact) mass is 316 g/mol. The highest BCUT2D eigenvalue weighted by Gasteiger charge is 2.16. The number of hydrogen-bond donors (Lipinski definition) is 1. The number of aromatic nitrogens is 3. The highest BCUT2D eigenvalue weighted by molar-refractivity contribution is 7.16. The number of nitrogens with one attached hydrogen (secondary N) is 1. The van der Waals surface area contributed by atoms with Gasteiger partial charge in [-0.15, -0.1) is 0 Å². The first-order valence-electron chi connectivity index (χ1n) is 6.73. The molecule has 3 aromatic rings. The van der Waals surface area contributed by atoms with Crippen molar-refractivity contribution in [1.82, 2.24) is 14.6 Å². The molecule has 1 aliphatic heterocycles. The van der Waals surface area contributed by atoms with E-state index in [1.54, 1.807) is 28.9 Å². The summed E-state index contributed by atoms with van der Waals surface area (Å²) < 4.78 is 12.6. The largest absolute Gasteiger partial charge is 0.486 e. The van der Waals surface area contributed by atoms with E-state index in [9.17, 15) is 4.79 Å². The van der Waals surface area contributed by atoms with Crippen molar-refractivity contribution in [3.05, 3.63) is 35.1 Å². The summed E-state index contributed by atoms with van der Waals surface area (Å²) in [5.41, 5.74) is 0.961. The Morgan fingerprint density at radius 3 is 2.95 bits per heavy atom. The van der Waals surface area contributed by atoms with E-state index in [0.29, 0.717) is 41.1 Å². The number of amides is 1. The minimum Gasteiger partial charge on any atom is -0.486 e. The standard InChI is InChI=1S/C14H12N4O3S/c1-8-17-18-7-10(16-14(18)22-8)13(19)15-9-2-3-11-12(6-9)21-5-4-20-11/h2-3,6-7H,4-5H2,1H3,(H,15,19). The third kappa shape index (κ3) is 2.27. The van der Waals surface area contributed by atoms with Crippen LogP contribution in [0.15, 0.2) is 24.4 Å². The summed E-state index contributed by atoms with van der Waals surface area (Å²) in [5, 5.41) is 7.94. The molecule has 112 valence electrons. The van der Waals surface area contributed by atoms with Crippen molar-refractivity contribution in [2.75, 3.05) is 18.5 Å². The summed E-state index contributed by atoms with van der Waals surface area (Å²) in [7, 11) is 0. The van der Waals surface area contributed by atoms with E-state index >= 15 is 0 Å². The number of nitrogens with zero attached hydrogens (tertiary/aromatic N) is 3. The van der Waals surface area contributed by atoms with Crippen LogP contribution in [-0.4, -0.2) is 33.7 Å². The van der Waals surface area contributed by atoms with Crippen LogP contribution in [0.3, 0.4) is 0 Å². The molecule has 1 aliphatic rings. The maximum absolute atomic E-state index is 12.3. The molecule has 0 atom stereocenters. The van der Waals surface area contributed by atoms with Crippen LogP contribution in [0.5, 0.6) is 11.5 Å². The molecule has 2 aromatic heterocycles. The molecule has 0 radical (unpaired) electrons. The molecule has 8 heteroatoms. The molecule has 0 unspecified atom stereocenters. The molecule has 0 saturated heterocycles. The summed E-state index contributed by atoms with van der Waals surface area (Å²) in [6.45, 7) is 2.94. The average molecular weight is 316 g/mol. The molecule has 0 bridgehead atoms. The van der Waals surface area contributed by atoms with Crippen LogP contribution in [0.1, 0.15) is 15.5 Å². The molecule has 22 heavy (non-hydrogen) atoms. The van der Waals surface area contributed by atoms with Gasteiger partial charge in [0.05, 0.1) is 6.20 Å². The number of carbonyl (C=O) groups excluding carboxylic acids is 1. The van der Waals surface area contributed by atoms with Crippen molar-refractivity contribution in [3.8, 4) is 11.5 Å². The second kappa shape index (κ2) is 4.99. The number of benzene rings is 1. The van der Waals surface area contributed by atoms with Gasteiger partial charge in [0, 0.05) is 11.8 Å². The van der Waals surface area contributed by atoms with Gasteiger partial charge in [-0.05, 0) is 19.1 Å². The Morgan fingerprint density at radius 1 is 1.32 bits per heavy atom. The van der Waals surface area contributed by atoms with E-state index in [2.05, 4.69) is 15.4 Å². The summed E-state index contributed by atoms with van der Waals surface area (Å²) >= 11 is 1.44. The maximum Gasteiger partial charge on any atom is 0.275 e. The van der Waals surface area contributed by atoms with Crippen molar-refractivity contribution in [1.29, 1.82) is 0 Å². The first kappa shape index (κ1) is 13.1. The predicted molar refractivity (Wildman–Crippen MR) is 81.0 cm³/mol. The van der Waals surface area contributed by atoms with E-state index in [0.717, 1.165) is 5.01 Å². The summed E-state index contributed by atoms with van der Waals surface area (Å²) in [5.74, 6) is 1.03. The molecule has 0 fully saturated rings. The van der Waals surface area contributed by atoms with Gasteiger partial charge in [0.25, 0.3) is 5.91 Å². The number of aryl methyl sites for hydroxylation is 1. The first-order valence-corrected chi connectivity index (χ1v) is 7.54. The molecular weight excluding hydrogens is 304 g/mol.